The lowest BCUT2D eigenvalue weighted by Crippen LogP contribution is -2.31. The Bertz CT molecular complexity index is 1270. The highest BCUT2D eigenvalue weighted by Crippen LogP contribution is 2.30. The number of unbranched alkanes of at least 4 members (excludes halogenated alkanes) is 1. The van der Waals surface area contributed by atoms with Gasteiger partial charge in [-0.15, -0.1) is 0 Å². The third-order valence-corrected chi connectivity index (χ3v) is 6.65. The molecule has 3 aromatic rings. The number of halogens is 1. The second kappa shape index (κ2) is 11.9. The van der Waals surface area contributed by atoms with Gasteiger partial charge in [-0.3, -0.25) is 19.7 Å². The molecule has 1 aromatic heterocycles. The van der Waals surface area contributed by atoms with Crippen molar-refractivity contribution in [2.45, 2.75) is 39.2 Å². The van der Waals surface area contributed by atoms with Crippen molar-refractivity contribution in [1.82, 2.24) is 4.90 Å². The number of amides is 2. The topological polar surface area (TPSA) is 109 Å². The summed E-state index contributed by atoms with van der Waals surface area (Å²) in [6.07, 6.45) is 5.47. The van der Waals surface area contributed by atoms with Gasteiger partial charge in [-0.1, -0.05) is 24.9 Å². The molecule has 2 amide bonds. The normalized spacial score (nSPS) is 13.0. The van der Waals surface area contributed by atoms with Crippen LogP contribution in [0.5, 0.6) is 0 Å². The summed E-state index contributed by atoms with van der Waals surface area (Å²) < 4.78 is 5.57. The first-order valence-corrected chi connectivity index (χ1v) is 12.7. The molecule has 2 heterocycles. The number of anilines is 2. The maximum Gasteiger partial charge on any atom is 0.288 e. The van der Waals surface area contributed by atoms with E-state index in [0.29, 0.717) is 30.9 Å². The zero-order valence-electron chi connectivity index (χ0n) is 20.6. The van der Waals surface area contributed by atoms with E-state index >= 15 is 0 Å². The first-order chi connectivity index (χ1) is 17.9. The van der Waals surface area contributed by atoms with Crippen LogP contribution in [0.15, 0.2) is 59.2 Å². The van der Waals surface area contributed by atoms with E-state index in [1.165, 1.54) is 12.1 Å². The number of nitrogens with zero attached hydrogens (tertiary/aromatic N) is 3. The van der Waals surface area contributed by atoms with Crippen LogP contribution in [-0.4, -0.2) is 41.3 Å². The summed E-state index contributed by atoms with van der Waals surface area (Å²) in [7, 11) is 0. The molecule has 1 fully saturated rings. The van der Waals surface area contributed by atoms with Crippen molar-refractivity contribution in [3.8, 4) is 0 Å². The van der Waals surface area contributed by atoms with Crippen molar-refractivity contribution in [2.75, 3.05) is 29.9 Å². The molecule has 0 radical (unpaired) electrons. The SMILES string of the molecule is CCCCN(Cc1ccco1)c1ccc(NC(=O)c2ccc(Cl)c([N+](=O)[O-])c2)cc1C(=O)N1CCCC1. The van der Waals surface area contributed by atoms with E-state index in [1.807, 2.05) is 23.1 Å². The van der Waals surface area contributed by atoms with Crippen molar-refractivity contribution < 1.29 is 18.9 Å². The molecule has 1 aliphatic heterocycles. The lowest BCUT2D eigenvalue weighted by molar-refractivity contribution is -0.384. The molecule has 1 aliphatic rings. The summed E-state index contributed by atoms with van der Waals surface area (Å²) in [6, 6.07) is 12.9. The third-order valence-electron chi connectivity index (χ3n) is 6.33. The summed E-state index contributed by atoms with van der Waals surface area (Å²) >= 11 is 5.88. The second-order valence-electron chi connectivity index (χ2n) is 8.96. The molecule has 0 aliphatic carbocycles. The van der Waals surface area contributed by atoms with Crippen LogP contribution in [0.4, 0.5) is 17.1 Å². The molecular weight excluding hydrogens is 496 g/mol. The van der Waals surface area contributed by atoms with Gasteiger partial charge in [-0.25, -0.2) is 0 Å². The Balaban J connectivity index is 1.67. The summed E-state index contributed by atoms with van der Waals surface area (Å²) in [5.41, 5.74) is 1.42. The van der Waals surface area contributed by atoms with Gasteiger partial charge < -0.3 is 19.5 Å². The minimum Gasteiger partial charge on any atom is -0.467 e. The van der Waals surface area contributed by atoms with Crippen molar-refractivity contribution in [3.63, 3.8) is 0 Å². The molecule has 0 unspecified atom stereocenters. The molecule has 2 aromatic carbocycles. The van der Waals surface area contributed by atoms with E-state index in [-0.39, 0.29) is 22.2 Å². The molecule has 10 heteroatoms. The van der Waals surface area contributed by atoms with Gasteiger partial charge in [0.05, 0.1) is 29.0 Å². The molecule has 0 saturated carbocycles. The van der Waals surface area contributed by atoms with Gasteiger partial charge in [0, 0.05) is 37.0 Å². The van der Waals surface area contributed by atoms with E-state index in [9.17, 15) is 19.7 Å². The third kappa shape index (κ3) is 6.29. The summed E-state index contributed by atoms with van der Waals surface area (Å²) in [5.74, 6) is 0.162. The Morgan fingerprint density at radius 2 is 1.95 bits per heavy atom. The van der Waals surface area contributed by atoms with Gasteiger partial charge >= 0.3 is 0 Å². The number of hydrogen-bond donors (Lipinski definition) is 1. The van der Waals surface area contributed by atoms with Gasteiger partial charge in [-0.2, -0.15) is 0 Å². The Labute approximate surface area is 220 Å². The lowest BCUT2D eigenvalue weighted by Gasteiger charge is -2.28. The van der Waals surface area contributed by atoms with Crippen LogP contribution >= 0.6 is 11.6 Å². The van der Waals surface area contributed by atoms with Crippen molar-refractivity contribution in [3.05, 3.63) is 86.8 Å². The quantitative estimate of drug-likeness (QED) is 0.252. The van der Waals surface area contributed by atoms with Crippen LogP contribution in [0.3, 0.4) is 0 Å². The fourth-order valence-electron chi connectivity index (χ4n) is 4.37. The number of benzene rings is 2. The fourth-order valence-corrected chi connectivity index (χ4v) is 4.56. The smallest absolute Gasteiger partial charge is 0.288 e. The number of furan rings is 1. The van der Waals surface area contributed by atoms with Crippen LogP contribution in [0.2, 0.25) is 5.02 Å². The molecule has 0 atom stereocenters. The number of carbonyl (C=O) groups is 2. The van der Waals surface area contributed by atoms with Crippen molar-refractivity contribution in [1.29, 1.82) is 0 Å². The summed E-state index contributed by atoms with van der Waals surface area (Å²) in [5, 5.41) is 14.0. The van der Waals surface area contributed by atoms with E-state index in [1.54, 1.807) is 18.4 Å². The standard InChI is InChI=1S/C27H29ClN4O5/c1-2-3-12-31(18-21-7-6-15-37-21)24-11-9-20(17-22(24)27(34)30-13-4-5-14-30)29-26(33)19-8-10-23(28)25(16-19)32(35)36/h6-11,15-17H,2-5,12-14,18H2,1H3,(H,29,33). The van der Waals surface area contributed by atoms with Crippen molar-refractivity contribution in [2.24, 2.45) is 0 Å². The number of nitro groups is 1. The first kappa shape index (κ1) is 26.2. The zero-order chi connectivity index (χ0) is 26.4. The molecule has 37 heavy (non-hydrogen) atoms. The zero-order valence-corrected chi connectivity index (χ0v) is 21.4. The number of nitro benzene ring substituents is 1. The Morgan fingerprint density at radius 3 is 2.62 bits per heavy atom. The second-order valence-corrected chi connectivity index (χ2v) is 9.37. The predicted octanol–water partition coefficient (Wildman–Crippen LogP) is 6.14. The van der Waals surface area contributed by atoms with Crippen molar-refractivity contribution >= 4 is 40.5 Å². The van der Waals surface area contributed by atoms with Crippen LogP contribution < -0.4 is 10.2 Å². The highest BCUT2D eigenvalue weighted by atomic mass is 35.5. The van der Waals surface area contributed by atoms with E-state index in [4.69, 9.17) is 16.0 Å². The van der Waals surface area contributed by atoms with Crippen LogP contribution in [-0.2, 0) is 6.54 Å². The largest absolute Gasteiger partial charge is 0.467 e. The number of hydrogen-bond acceptors (Lipinski definition) is 6. The molecule has 194 valence electrons. The minimum absolute atomic E-state index is 0.0480. The molecule has 1 N–H and O–H groups in total. The number of likely N-dealkylation sites (tertiary alicyclic amines) is 1. The Hall–Kier alpha value is -3.85. The minimum atomic E-state index is -0.634. The molecule has 1 saturated heterocycles. The average molecular weight is 525 g/mol. The summed E-state index contributed by atoms with van der Waals surface area (Å²) in [4.78, 5) is 41.0. The van der Waals surface area contributed by atoms with Crippen LogP contribution in [0.1, 0.15) is 59.1 Å². The lowest BCUT2D eigenvalue weighted by atomic mass is 10.1. The number of rotatable bonds is 10. The highest BCUT2D eigenvalue weighted by molar-refractivity contribution is 6.32. The maximum atomic E-state index is 13.6. The summed E-state index contributed by atoms with van der Waals surface area (Å²) in [6.45, 7) is 4.74. The monoisotopic (exact) mass is 524 g/mol. The van der Waals surface area contributed by atoms with Gasteiger partial charge in [-0.05, 0) is 61.7 Å². The molecule has 4 rings (SSSR count). The maximum absolute atomic E-state index is 13.6. The first-order valence-electron chi connectivity index (χ1n) is 12.3. The molecule has 0 spiro atoms. The van der Waals surface area contributed by atoms with Gasteiger partial charge in [0.2, 0.25) is 0 Å². The van der Waals surface area contributed by atoms with Crippen LogP contribution in [0, 0.1) is 10.1 Å². The highest BCUT2D eigenvalue weighted by Gasteiger charge is 2.25. The molecule has 9 nitrogen and oxygen atoms in total. The molecular formula is C27H29ClN4O5. The molecule has 0 bridgehead atoms. The van der Waals surface area contributed by atoms with Crippen LogP contribution in [0.25, 0.3) is 0 Å². The van der Waals surface area contributed by atoms with E-state index < -0.39 is 10.8 Å². The number of nitrogens with one attached hydrogen (secondary N) is 1. The van der Waals surface area contributed by atoms with Gasteiger partial charge in [0.1, 0.15) is 10.8 Å². The van der Waals surface area contributed by atoms with E-state index in [0.717, 1.165) is 49.7 Å². The predicted molar refractivity (Wildman–Crippen MR) is 142 cm³/mol. The van der Waals surface area contributed by atoms with E-state index in [2.05, 4.69) is 17.1 Å². The number of carbonyl (C=O) groups excluding carboxylic acids is 2. The van der Waals surface area contributed by atoms with Gasteiger partial charge in [0.15, 0.2) is 0 Å². The Morgan fingerprint density at radius 1 is 1.16 bits per heavy atom. The average Bonchev–Trinajstić information content (AvgIpc) is 3.61. The Kier molecular flexibility index (Phi) is 8.45. The fraction of sp³-hybridized carbons (Fsp3) is 0.333. The van der Waals surface area contributed by atoms with Gasteiger partial charge in [0.25, 0.3) is 17.5 Å².